The molecule has 0 radical (unpaired) electrons. The van der Waals surface area contributed by atoms with Crippen molar-refractivity contribution >= 4 is 34.3 Å². The second kappa shape index (κ2) is 5.42. The summed E-state index contributed by atoms with van der Waals surface area (Å²) < 4.78 is 5.17. The van der Waals surface area contributed by atoms with Gasteiger partial charge in [0.05, 0.1) is 19.0 Å². The molecule has 1 heterocycles. The Morgan fingerprint density at radius 3 is 3.06 bits per heavy atom. The van der Waals surface area contributed by atoms with Crippen molar-refractivity contribution in [3.05, 3.63) is 36.2 Å². The van der Waals surface area contributed by atoms with Gasteiger partial charge < -0.3 is 10.5 Å². The van der Waals surface area contributed by atoms with Crippen LogP contribution in [0.3, 0.4) is 0 Å². The summed E-state index contributed by atoms with van der Waals surface area (Å²) >= 11 is 4.66. The van der Waals surface area contributed by atoms with Crippen molar-refractivity contribution in [1.29, 1.82) is 0 Å². The Hall–Kier alpha value is -2.21. The summed E-state index contributed by atoms with van der Waals surface area (Å²) in [7, 11) is 1.64. The highest BCUT2D eigenvalue weighted by Gasteiger charge is 2.01. The second-order valence-corrected chi connectivity index (χ2v) is 3.96. The number of aromatic nitrogens is 1. The molecule has 0 amide bonds. The molecule has 0 aliphatic carbocycles. The Morgan fingerprint density at radius 1 is 1.50 bits per heavy atom. The molecule has 0 fully saturated rings. The minimum absolute atomic E-state index is 0.119. The zero-order valence-corrected chi connectivity index (χ0v) is 10.6. The van der Waals surface area contributed by atoms with Crippen LogP contribution in [0.15, 0.2) is 35.6 Å². The van der Waals surface area contributed by atoms with Crippen molar-refractivity contribution < 1.29 is 4.74 Å². The lowest BCUT2D eigenvalue weighted by molar-refractivity contribution is 0.415. The van der Waals surface area contributed by atoms with Crippen molar-refractivity contribution in [3.8, 4) is 5.75 Å². The molecule has 0 saturated heterocycles. The summed E-state index contributed by atoms with van der Waals surface area (Å²) in [5.74, 6) is 0.804. The van der Waals surface area contributed by atoms with Gasteiger partial charge >= 0.3 is 0 Å². The average Bonchev–Trinajstić information content (AvgIpc) is 2.38. The molecule has 1 aromatic carbocycles. The van der Waals surface area contributed by atoms with E-state index in [0.717, 1.165) is 22.2 Å². The summed E-state index contributed by atoms with van der Waals surface area (Å²) in [5.41, 5.74) is 8.51. The fourth-order valence-electron chi connectivity index (χ4n) is 1.57. The van der Waals surface area contributed by atoms with Crippen LogP contribution < -0.4 is 15.9 Å². The summed E-state index contributed by atoms with van der Waals surface area (Å²) in [5, 5.41) is 6.02. The third-order valence-electron chi connectivity index (χ3n) is 2.36. The van der Waals surface area contributed by atoms with Crippen molar-refractivity contribution in [2.75, 3.05) is 7.11 Å². The number of rotatable bonds is 3. The van der Waals surface area contributed by atoms with E-state index in [9.17, 15) is 0 Å². The minimum Gasteiger partial charge on any atom is -0.497 e. The van der Waals surface area contributed by atoms with Gasteiger partial charge in [0, 0.05) is 11.6 Å². The number of ether oxygens (including phenoxy) is 1. The number of methoxy groups -OCH3 is 1. The second-order valence-electron chi connectivity index (χ2n) is 3.52. The maximum Gasteiger partial charge on any atom is 0.184 e. The third-order valence-corrected chi connectivity index (χ3v) is 2.46. The van der Waals surface area contributed by atoms with Gasteiger partial charge in [-0.3, -0.25) is 10.4 Å². The van der Waals surface area contributed by atoms with Crippen LogP contribution in [0.4, 0.5) is 0 Å². The molecule has 0 aliphatic rings. The van der Waals surface area contributed by atoms with Crippen molar-refractivity contribution in [3.63, 3.8) is 0 Å². The number of benzene rings is 1. The summed E-state index contributed by atoms with van der Waals surface area (Å²) in [6, 6.07) is 7.66. The lowest BCUT2D eigenvalue weighted by atomic mass is 10.1. The smallest absolute Gasteiger partial charge is 0.184 e. The molecule has 6 heteroatoms. The SMILES string of the molecule is COc1ccc2c(/C=N/NC(N)=S)nccc2c1. The Labute approximate surface area is 110 Å². The fourth-order valence-corrected chi connectivity index (χ4v) is 1.62. The molecule has 2 aromatic rings. The topological polar surface area (TPSA) is 72.5 Å². The van der Waals surface area contributed by atoms with E-state index in [-0.39, 0.29) is 5.11 Å². The Balaban J connectivity index is 2.39. The summed E-state index contributed by atoms with van der Waals surface area (Å²) in [4.78, 5) is 4.25. The van der Waals surface area contributed by atoms with E-state index in [0.29, 0.717) is 0 Å². The van der Waals surface area contributed by atoms with Gasteiger partial charge in [0.25, 0.3) is 0 Å². The van der Waals surface area contributed by atoms with Gasteiger partial charge in [-0.2, -0.15) is 5.10 Å². The van der Waals surface area contributed by atoms with Gasteiger partial charge in [0.15, 0.2) is 5.11 Å². The molecular formula is C12H12N4OS. The number of hydrogen-bond donors (Lipinski definition) is 2. The van der Waals surface area contributed by atoms with Crippen LogP contribution in [0.1, 0.15) is 5.69 Å². The first-order chi connectivity index (χ1) is 8.70. The van der Waals surface area contributed by atoms with Crippen LogP contribution in [0.2, 0.25) is 0 Å². The van der Waals surface area contributed by atoms with E-state index in [2.05, 4.69) is 27.7 Å². The summed E-state index contributed by atoms with van der Waals surface area (Å²) in [6.07, 6.45) is 3.29. The van der Waals surface area contributed by atoms with E-state index < -0.39 is 0 Å². The maximum absolute atomic E-state index is 5.28. The first kappa shape index (κ1) is 12.3. The third kappa shape index (κ3) is 2.72. The van der Waals surface area contributed by atoms with Crippen LogP contribution in [-0.2, 0) is 0 Å². The van der Waals surface area contributed by atoms with Gasteiger partial charge in [0.2, 0.25) is 0 Å². The molecule has 1 aromatic heterocycles. The molecule has 3 N–H and O–H groups in total. The first-order valence-electron chi connectivity index (χ1n) is 5.22. The van der Waals surface area contributed by atoms with Crippen LogP contribution >= 0.6 is 12.2 Å². The van der Waals surface area contributed by atoms with E-state index in [1.165, 1.54) is 0 Å². The molecular weight excluding hydrogens is 248 g/mol. The molecule has 0 unspecified atom stereocenters. The molecule has 5 nitrogen and oxygen atoms in total. The minimum atomic E-state index is 0.119. The predicted octanol–water partition coefficient (Wildman–Crippen LogP) is 1.41. The fraction of sp³-hybridized carbons (Fsp3) is 0.0833. The number of nitrogens with two attached hydrogens (primary N) is 1. The highest BCUT2D eigenvalue weighted by atomic mass is 32.1. The predicted molar refractivity (Wildman–Crippen MR) is 75.8 cm³/mol. The standard InChI is InChI=1S/C12H12N4OS/c1-17-9-2-3-10-8(6-9)4-5-14-11(10)7-15-16-12(13)18/h2-7H,1H3,(H3,13,16,18)/b15-7+. The van der Waals surface area contributed by atoms with Gasteiger partial charge in [-0.1, -0.05) is 0 Å². The molecule has 0 bridgehead atoms. The molecule has 92 valence electrons. The number of thiocarbonyl (C=S) groups is 1. The van der Waals surface area contributed by atoms with E-state index in [1.807, 2.05) is 24.3 Å². The van der Waals surface area contributed by atoms with E-state index in [4.69, 9.17) is 10.5 Å². The average molecular weight is 260 g/mol. The Kier molecular flexibility index (Phi) is 3.69. The molecule has 0 saturated carbocycles. The van der Waals surface area contributed by atoms with Crippen molar-refractivity contribution in [1.82, 2.24) is 10.4 Å². The van der Waals surface area contributed by atoms with Gasteiger partial charge in [0.1, 0.15) is 5.75 Å². The summed E-state index contributed by atoms with van der Waals surface area (Å²) in [6.45, 7) is 0. The monoisotopic (exact) mass is 260 g/mol. The van der Waals surface area contributed by atoms with Gasteiger partial charge in [-0.25, -0.2) is 0 Å². The number of hydrazone groups is 1. The lowest BCUT2D eigenvalue weighted by Gasteiger charge is -2.04. The van der Waals surface area contributed by atoms with Crippen LogP contribution in [0.25, 0.3) is 10.8 Å². The van der Waals surface area contributed by atoms with Crippen molar-refractivity contribution in [2.24, 2.45) is 10.8 Å². The first-order valence-corrected chi connectivity index (χ1v) is 5.63. The van der Waals surface area contributed by atoms with E-state index >= 15 is 0 Å². The highest BCUT2D eigenvalue weighted by molar-refractivity contribution is 7.80. The number of pyridine rings is 1. The van der Waals surface area contributed by atoms with Gasteiger partial charge in [-0.15, -0.1) is 0 Å². The van der Waals surface area contributed by atoms with Crippen LogP contribution in [-0.4, -0.2) is 23.4 Å². The number of fused-ring (bicyclic) bond motifs is 1. The maximum atomic E-state index is 5.28. The number of nitrogens with zero attached hydrogens (tertiary/aromatic N) is 2. The number of hydrogen-bond acceptors (Lipinski definition) is 4. The largest absolute Gasteiger partial charge is 0.497 e. The molecule has 0 atom stereocenters. The zero-order valence-electron chi connectivity index (χ0n) is 9.75. The Morgan fingerprint density at radius 2 is 2.33 bits per heavy atom. The van der Waals surface area contributed by atoms with Gasteiger partial charge in [-0.05, 0) is 41.9 Å². The molecule has 2 rings (SSSR count). The molecule has 18 heavy (non-hydrogen) atoms. The van der Waals surface area contributed by atoms with Crippen LogP contribution in [0.5, 0.6) is 5.75 Å². The van der Waals surface area contributed by atoms with E-state index in [1.54, 1.807) is 19.5 Å². The highest BCUT2D eigenvalue weighted by Crippen LogP contribution is 2.21. The quantitative estimate of drug-likeness (QED) is 0.496. The Bertz CT molecular complexity index is 612. The van der Waals surface area contributed by atoms with Crippen LogP contribution in [0, 0.1) is 0 Å². The molecule has 0 spiro atoms. The normalized spacial score (nSPS) is 10.7. The number of nitrogens with one attached hydrogen (secondary N) is 1. The molecule has 0 aliphatic heterocycles. The lowest BCUT2D eigenvalue weighted by Crippen LogP contribution is -2.24. The van der Waals surface area contributed by atoms with Crippen molar-refractivity contribution in [2.45, 2.75) is 0 Å². The zero-order chi connectivity index (χ0) is 13.0.